The molecule has 24 heavy (non-hydrogen) atoms. The number of piperazine rings is 1. The van der Waals surface area contributed by atoms with Crippen molar-refractivity contribution in [3.63, 3.8) is 0 Å². The molecule has 0 bridgehead atoms. The molecule has 1 heterocycles. The van der Waals surface area contributed by atoms with Crippen molar-refractivity contribution >= 4 is 5.78 Å². The molecule has 0 aliphatic carbocycles. The van der Waals surface area contributed by atoms with Crippen LogP contribution in [0.15, 0.2) is 24.3 Å². The molecule has 0 N–H and O–H groups in total. The lowest BCUT2D eigenvalue weighted by atomic mass is 9.86. The standard InChI is InChI=1S/C12H16O.C9H20N2/c1-9-5-7-10(8-6-9)11(13)12(2,3)4;1-9(2,3)11-7-5-10(4)6-8-11/h5-8H,1-4H3;5-8H2,1-4H3. The van der Waals surface area contributed by atoms with Crippen molar-refractivity contribution in [1.29, 1.82) is 0 Å². The van der Waals surface area contributed by atoms with Gasteiger partial charge in [0.05, 0.1) is 0 Å². The maximum atomic E-state index is 11.8. The van der Waals surface area contributed by atoms with Crippen molar-refractivity contribution in [2.24, 2.45) is 5.41 Å². The lowest BCUT2D eigenvalue weighted by Gasteiger charge is -2.41. The van der Waals surface area contributed by atoms with Crippen LogP contribution in [0.3, 0.4) is 0 Å². The van der Waals surface area contributed by atoms with E-state index < -0.39 is 0 Å². The Morgan fingerprint density at radius 1 is 0.875 bits per heavy atom. The summed E-state index contributed by atoms with van der Waals surface area (Å²) in [6.07, 6.45) is 0. The Bertz CT molecular complexity index is 512. The summed E-state index contributed by atoms with van der Waals surface area (Å²) in [6.45, 7) is 19.6. The van der Waals surface area contributed by atoms with E-state index in [2.05, 4.69) is 37.6 Å². The molecule has 0 radical (unpaired) electrons. The second-order valence-corrected chi connectivity index (χ2v) is 8.91. The highest BCUT2D eigenvalue weighted by atomic mass is 16.1. The van der Waals surface area contributed by atoms with Crippen molar-refractivity contribution in [1.82, 2.24) is 9.80 Å². The van der Waals surface area contributed by atoms with E-state index in [0.29, 0.717) is 5.54 Å². The van der Waals surface area contributed by atoms with Crippen LogP contribution in [0.5, 0.6) is 0 Å². The second kappa shape index (κ2) is 8.26. The molecule has 0 saturated carbocycles. The van der Waals surface area contributed by atoms with Gasteiger partial charge in [0.25, 0.3) is 0 Å². The minimum absolute atomic E-state index is 0.201. The molecular weight excluding hydrogens is 296 g/mol. The molecular formula is C21H36N2O. The third-order valence-electron chi connectivity index (χ3n) is 4.45. The van der Waals surface area contributed by atoms with Crippen LogP contribution in [0.2, 0.25) is 0 Å². The van der Waals surface area contributed by atoms with E-state index in [0.717, 1.165) is 5.56 Å². The molecule has 1 aromatic rings. The summed E-state index contributed by atoms with van der Waals surface area (Å²) >= 11 is 0. The van der Waals surface area contributed by atoms with E-state index in [1.807, 2.05) is 52.0 Å². The van der Waals surface area contributed by atoms with Gasteiger partial charge in [-0.25, -0.2) is 0 Å². The summed E-state index contributed by atoms with van der Waals surface area (Å²) in [7, 11) is 2.19. The summed E-state index contributed by atoms with van der Waals surface area (Å²) in [5.41, 5.74) is 2.07. The van der Waals surface area contributed by atoms with Crippen LogP contribution >= 0.6 is 0 Å². The molecule has 1 aromatic carbocycles. The van der Waals surface area contributed by atoms with Gasteiger partial charge in [0.15, 0.2) is 5.78 Å². The molecule has 1 saturated heterocycles. The van der Waals surface area contributed by atoms with Crippen LogP contribution in [0.1, 0.15) is 57.5 Å². The summed E-state index contributed by atoms with van der Waals surface area (Å²) in [4.78, 5) is 16.7. The van der Waals surface area contributed by atoms with Gasteiger partial charge in [-0.1, -0.05) is 50.6 Å². The number of carbonyl (C=O) groups is 1. The molecule has 1 fully saturated rings. The molecule has 0 unspecified atom stereocenters. The molecule has 136 valence electrons. The Morgan fingerprint density at radius 3 is 1.71 bits per heavy atom. The maximum Gasteiger partial charge on any atom is 0.168 e. The Labute approximate surface area is 149 Å². The number of ketones is 1. The summed E-state index contributed by atoms with van der Waals surface area (Å²) in [5.74, 6) is 0.201. The average molecular weight is 333 g/mol. The lowest BCUT2D eigenvalue weighted by Crippen LogP contribution is -2.52. The summed E-state index contributed by atoms with van der Waals surface area (Å²) in [6, 6.07) is 7.73. The van der Waals surface area contributed by atoms with Gasteiger partial charge in [-0.05, 0) is 34.7 Å². The molecule has 1 aliphatic heterocycles. The molecule has 3 heteroatoms. The van der Waals surface area contributed by atoms with Crippen molar-refractivity contribution in [2.75, 3.05) is 33.2 Å². The highest BCUT2D eigenvalue weighted by Gasteiger charge is 2.24. The topological polar surface area (TPSA) is 23.6 Å². The van der Waals surface area contributed by atoms with Gasteiger partial charge in [0, 0.05) is 42.7 Å². The average Bonchev–Trinajstić information content (AvgIpc) is 2.46. The number of carbonyl (C=O) groups excluding carboxylic acids is 1. The maximum absolute atomic E-state index is 11.8. The number of rotatable bonds is 1. The van der Waals surface area contributed by atoms with Gasteiger partial charge < -0.3 is 4.90 Å². The summed E-state index contributed by atoms with van der Waals surface area (Å²) in [5, 5.41) is 0. The Morgan fingerprint density at radius 2 is 1.33 bits per heavy atom. The van der Waals surface area contributed by atoms with E-state index in [4.69, 9.17) is 0 Å². The number of Topliss-reactive ketones (excluding diaryl/α,β-unsaturated/α-hetero) is 1. The molecule has 1 aliphatic rings. The number of hydrogen-bond acceptors (Lipinski definition) is 3. The van der Waals surface area contributed by atoms with Crippen molar-refractivity contribution in [2.45, 2.75) is 54.0 Å². The van der Waals surface area contributed by atoms with Gasteiger partial charge in [-0.15, -0.1) is 0 Å². The number of hydrogen-bond donors (Lipinski definition) is 0. The van der Waals surface area contributed by atoms with Crippen LogP contribution in [0.25, 0.3) is 0 Å². The van der Waals surface area contributed by atoms with Crippen molar-refractivity contribution in [3.8, 4) is 0 Å². The lowest BCUT2D eigenvalue weighted by molar-refractivity contribution is 0.0735. The fourth-order valence-electron chi connectivity index (χ4n) is 2.62. The SMILES string of the molecule is CN1CCN(C(C)(C)C)CC1.Cc1ccc(C(=O)C(C)(C)C)cc1. The second-order valence-electron chi connectivity index (χ2n) is 8.91. The van der Waals surface area contributed by atoms with Crippen molar-refractivity contribution < 1.29 is 4.79 Å². The smallest absolute Gasteiger partial charge is 0.168 e. The zero-order valence-electron chi connectivity index (χ0n) is 16.9. The van der Waals surface area contributed by atoms with Gasteiger partial charge in [0.1, 0.15) is 0 Å². The van der Waals surface area contributed by atoms with E-state index >= 15 is 0 Å². The number of likely N-dealkylation sites (N-methyl/N-ethyl adjacent to an activating group) is 1. The van der Waals surface area contributed by atoms with Crippen LogP contribution in [0, 0.1) is 12.3 Å². The molecule has 0 amide bonds. The first-order chi connectivity index (χ1) is 10.9. The minimum Gasteiger partial charge on any atom is -0.304 e. The zero-order valence-corrected chi connectivity index (χ0v) is 16.9. The fraction of sp³-hybridized carbons (Fsp3) is 0.667. The van der Waals surface area contributed by atoms with Gasteiger partial charge in [-0.2, -0.15) is 0 Å². The quantitative estimate of drug-likeness (QED) is 0.718. The number of aryl methyl sites for hydroxylation is 1. The molecule has 0 atom stereocenters. The van der Waals surface area contributed by atoms with Gasteiger partial charge >= 0.3 is 0 Å². The molecule has 0 spiro atoms. The van der Waals surface area contributed by atoms with E-state index in [1.165, 1.54) is 31.7 Å². The predicted octanol–water partition coefficient (Wildman–Crippen LogP) is 4.26. The monoisotopic (exact) mass is 332 g/mol. The van der Waals surface area contributed by atoms with Gasteiger partial charge in [0.2, 0.25) is 0 Å². The third-order valence-corrected chi connectivity index (χ3v) is 4.45. The molecule has 3 nitrogen and oxygen atoms in total. The third kappa shape index (κ3) is 6.74. The first-order valence-corrected chi connectivity index (χ1v) is 8.96. The van der Waals surface area contributed by atoms with Crippen LogP contribution in [-0.2, 0) is 0 Å². The zero-order chi connectivity index (χ0) is 18.5. The highest BCUT2D eigenvalue weighted by molar-refractivity contribution is 5.99. The normalized spacial score (nSPS) is 17.2. The van der Waals surface area contributed by atoms with Gasteiger partial charge in [-0.3, -0.25) is 9.69 Å². The summed E-state index contributed by atoms with van der Waals surface area (Å²) < 4.78 is 0. The predicted molar refractivity (Wildman–Crippen MR) is 104 cm³/mol. The van der Waals surface area contributed by atoms with Crippen LogP contribution in [0.4, 0.5) is 0 Å². The van der Waals surface area contributed by atoms with E-state index in [9.17, 15) is 4.79 Å². The Balaban J connectivity index is 0.000000243. The minimum atomic E-state index is -0.282. The number of benzene rings is 1. The van der Waals surface area contributed by atoms with Crippen LogP contribution < -0.4 is 0 Å². The molecule has 0 aromatic heterocycles. The van der Waals surface area contributed by atoms with E-state index in [-0.39, 0.29) is 11.2 Å². The Kier molecular flexibility index (Phi) is 7.18. The van der Waals surface area contributed by atoms with Crippen LogP contribution in [-0.4, -0.2) is 54.3 Å². The highest BCUT2D eigenvalue weighted by Crippen LogP contribution is 2.20. The molecule has 2 rings (SSSR count). The van der Waals surface area contributed by atoms with Crippen molar-refractivity contribution in [3.05, 3.63) is 35.4 Å². The van der Waals surface area contributed by atoms with E-state index in [1.54, 1.807) is 0 Å². The Hall–Kier alpha value is -1.19. The first kappa shape index (κ1) is 20.9. The largest absolute Gasteiger partial charge is 0.304 e. The number of nitrogens with zero attached hydrogens (tertiary/aromatic N) is 2. The fourth-order valence-corrected chi connectivity index (χ4v) is 2.62. The first-order valence-electron chi connectivity index (χ1n) is 8.96.